The lowest BCUT2D eigenvalue weighted by atomic mass is 10.1. The third-order valence-corrected chi connectivity index (χ3v) is 7.12. The second-order valence-corrected chi connectivity index (χ2v) is 9.32. The van der Waals surface area contributed by atoms with Crippen LogP contribution < -0.4 is 14.8 Å². The van der Waals surface area contributed by atoms with Crippen LogP contribution in [0, 0.1) is 0 Å². The minimum Gasteiger partial charge on any atom is -0.497 e. The number of ether oxygens (including phenoxy) is 2. The van der Waals surface area contributed by atoms with Gasteiger partial charge in [-0.05, 0) is 30.3 Å². The van der Waals surface area contributed by atoms with Gasteiger partial charge >= 0.3 is 0 Å². The Labute approximate surface area is 183 Å². The summed E-state index contributed by atoms with van der Waals surface area (Å²) in [5, 5.41) is 3.15. The van der Waals surface area contributed by atoms with Crippen LogP contribution in [-0.4, -0.2) is 76.2 Å². The first-order chi connectivity index (χ1) is 14.9. The van der Waals surface area contributed by atoms with E-state index in [0.717, 1.165) is 5.56 Å². The van der Waals surface area contributed by atoms with E-state index >= 15 is 0 Å². The fourth-order valence-electron chi connectivity index (χ4n) is 3.48. The summed E-state index contributed by atoms with van der Waals surface area (Å²) in [4.78, 5) is 14.8. The highest BCUT2D eigenvalue weighted by atomic mass is 32.2. The Morgan fingerprint density at radius 1 is 1.03 bits per heavy atom. The number of nitrogens with zero attached hydrogens (tertiary/aromatic N) is 2. The molecule has 1 heterocycles. The number of methoxy groups -OCH3 is 2. The number of carbonyl (C=O) groups excluding carboxylic acids is 1. The van der Waals surface area contributed by atoms with Crippen molar-refractivity contribution in [3.8, 4) is 11.5 Å². The van der Waals surface area contributed by atoms with Gasteiger partial charge in [0.25, 0.3) is 5.91 Å². The average Bonchev–Trinajstić information content (AvgIpc) is 2.82. The number of sulfonamides is 1. The molecule has 0 unspecified atom stereocenters. The lowest BCUT2D eigenvalue weighted by Crippen LogP contribution is -2.48. The van der Waals surface area contributed by atoms with Crippen LogP contribution in [0.25, 0.3) is 0 Å². The second-order valence-electron chi connectivity index (χ2n) is 7.23. The second kappa shape index (κ2) is 10.6. The lowest BCUT2D eigenvalue weighted by molar-refractivity contribution is 0.0752. The van der Waals surface area contributed by atoms with Crippen molar-refractivity contribution in [2.45, 2.75) is 6.54 Å². The molecule has 9 heteroatoms. The monoisotopic (exact) mass is 447 g/mol. The molecule has 3 rings (SSSR count). The first-order valence-corrected chi connectivity index (χ1v) is 11.8. The number of hydrogen-bond donors (Lipinski definition) is 1. The summed E-state index contributed by atoms with van der Waals surface area (Å²) in [5.41, 5.74) is 1.28. The molecule has 8 nitrogen and oxygen atoms in total. The van der Waals surface area contributed by atoms with Gasteiger partial charge in [-0.25, -0.2) is 8.42 Å². The van der Waals surface area contributed by atoms with E-state index in [-0.39, 0.29) is 24.7 Å². The van der Waals surface area contributed by atoms with E-state index in [2.05, 4.69) is 5.32 Å². The average molecular weight is 448 g/mol. The summed E-state index contributed by atoms with van der Waals surface area (Å²) >= 11 is 0. The maximum Gasteiger partial charge on any atom is 0.254 e. The topological polar surface area (TPSA) is 88.2 Å². The molecule has 2 aromatic rings. The van der Waals surface area contributed by atoms with Gasteiger partial charge in [0.15, 0.2) is 0 Å². The summed E-state index contributed by atoms with van der Waals surface area (Å²) in [6.45, 7) is 2.48. The molecule has 1 aliphatic heterocycles. The van der Waals surface area contributed by atoms with Gasteiger partial charge in [-0.15, -0.1) is 0 Å². The van der Waals surface area contributed by atoms with Gasteiger partial charge in [0, 0.05) is 50.4 Å². The predicted molar refractivity (Wildman–Crippen MR) is 119 cm³/mol. The first kappa shape index (κ1) is 23.1. The molecule has 0 aliphatic carbocycles. The Balaban J connectivity index is 1.81. The molecule has 168 valence electrons. The van der Waals surface area contributed by atoms with Gasteiger partial charge in [0.1, 0.15) is 11.5 Å². The molecule has 2 aromatic carbocycles. The summed E-state index contributed by atoms with van der Waals surface area (Å²) in [7, 11) is -0.331. The van der Waals surface area contributed by atoms with Crippen molar-refractivity contribution in [3.05, 3.63) is 59.7 Å². The van der Waals surface area contributed by atoms with Crippen molar-refractivity contribution in [3.63, 3.8) is 0 Å². The third-order valence-electron chi connectivity index (χ3n) is 5.27. The molecule has 0 aromatic heterocycles. The number of para-hydroxylation sites is 1. The van der Waals surface area contributed by atoms with Crippen molar-refractivity contribution in [1.82, 2.24) is 14.5 Å². The van der Waals surface area contributed by atoms with E-state index in [9.17, 15) is 13.2 Å². The molecule has 0 spiro atoms. The minimum atomic E-state index is -3.46. The highest BCUT2D eigenvalue weighted by molar-refractivity contribution is 7.89. The highest BCUT2D eigenvalue weighted by Crippen LogP contribution is 2.21. The predicted octanol–water partition coefficient (Wildman–Crippen LogP) is 1.58. The van der Waals surface area contributed by atoms with Crippen LogP contribution >= 0.6 is 0 Å². The summed E-state index contributed by atoms with van der Waals surface area (Å²) < 4.78 is 37.7. The zero-order chi connectivity index (χ0) is 22.3. The Morgan fingerprint density at radius 2 is 1.71 bits per heavy atom. The van der Waals surface area contributed by atoms with E-state index < -0.39 is 10.0 Å². The van der Waals surface area contributed by atoms with Crippen LogP contribution in [-0.2, 0) is 16.6 Å². The smallest absolute Gasteiger partial charge is 0.254 e. The summed E-state index contributed by atoms with van der Waals surface area (Å²) in [6, 6.07) is 14.2. The number of benzene rings is 2. The molecule has 1 fully saturated rings. The molecule has 1 N–H and O–H groups in total. The van der Waals surface area contributed by atoms with Crippen LogP contribution in [0.1, 0.15) is 15.9 Å². The zero-order valence-corrected chi connectivity index (χ0v) is 18.7. The van der Waals surface area contributed by atoms with E-state index in [4.69, 9.17) is 9.47 Å². The van der Waals surface area contributed by atoms with E-state index in [1.165, 1.54) is 4.31 Å². The largest absolute Gasteiger partial charge is 0.497 e. The number of nitrogens with one attached hydrogen (secondary N) is 1. The number of hydrogen-bond acceptors (Lipinski definition) is 6. The number of carbonyl (C=O) groups is 1. The highest BCUT2D eigenvalue weighted by Gasteiger charge is 2.26. The van der Waals surface area contributed by atoms with Gasteiger partial charge in [-0.1, -0.05) is 18.2 Å². The Hall–Kier alpha value is -2.62. The van der Waals surface area contributed by atoms with Crippen molar-refractivity contribution in [2.24, 2.45) is 0 Å². The Morgan fingerprint density at radius 3 is 2.35 bits per heavy atom. The number of amides is 1. The van der Waals surface area contributed by atoms with Gasteiger partial charge in [-0.3, -0.25) is 4.79 Å². The van der Waals surface area contributed by atoms with Crippen LogP contribution in [0.3, 0.4) is 0 Å². The fraction of sp³-hybridized carbons (Fsp3) is 0.409. The molecular weight excluding hydrogens is 418 g/mol. The molecule has 0 atom stereocenters. The van der Waals surface area contributed by atoms with Crippen molar-refractivity contribution >= 4 is 15.9 Å². The SMILES string of the molecule is COc1ccc(C(=O)N(CCS(=O)(=O)N2CCNCC2)Cc2ccccc2OC)cc1. The van der Waals surface area contributed by atoms with Gasteiger partial charge in [0.05, 0.1) is 20.0 Å². The first-order valence-electron chi connectivity index (χ1n) is 10.2. The molecule has 0 radical (unpaired) electrons. The van der Waals surface area contributed by atoms with E-state index in [0.29, 0.717) is 43.2 Å². The molecule has 0 saturated carbocycles. The molecule has 1 saturated heterocycles. The summed E-state index contributed by atoms with van der Waals surface area (Å²) in [5.74, 6) is 0.919. The molecule has 1 aliphatic rings. The van der Waals surface area contributed by atoms with Gasteiger partial charge < -0.3 is 19.7 Å². The van der Waals surface area contributed by atoms with Crippen molar-refractivity contribution in [2.75, 3.05) is 52.7 Å². The van der Waals surface area contributed by atoms with Gasteiger partial charge in [-0.2, -0.15) is 4.31 Å². The van der Waals surface area contributed by atoms with Crippen molar-refractivity contribution < 1.29 is 22.7 Å². The van der Waals surface area contributed by atoms with Crippen LogP contribution in [0.5, 0.6) is 11.5 Å². The Kier molecular flexibility index (Phi) is 7.89. The maximum atomic E-state index is 13.3. The van der Waals surface area contributed by atoms with E-state index in [1.807, 2.05) is 24.3 Å². The third kappa shape index (κ3) is 5.96. The van der Waals surface area contributed by atoms with Crippen molar-refractivity contribution in [1.29, 1.82) is 0 Å². The molecule has 0 bridgehead atoms. The maximum absolute atomic E-state index is 13.3. The lowest BCUT2D eigenvalue weighted by Gasteiger charge is -2.29. The fourth-order valence-corrected chi connectivity index (χ4v) is 4.93. The minimum absolute atomic E-state index is 0.0785. The zero-order valence-electron chi connectivity index (χ0n) is 17.9. The number of rotatable bonds is 9. The number of piperazine rings is 1. The van der Waals surface area contributed by atoms with Crippen LogP contribution in [0.15, 0.2) is 48.5 Å². The van der Waals surface area contributed by atoms with Gasteiger partial charge in [0.2, 0.25) is 10.0 Å². The normalized spacial score (nSPS) is 14.8. The standard InChI is InChI=1S/C22H29N3O5S/c1-29-20-9-7-18(8-10-20)22(26)24(17-19-5-3-4-6-21(19)30-2)15-16-31(27,28)25-13-11-23-12-14-25/h3-10,23H,11-17H2,1-2H3. The van der Waals surface area contributed by atoms with E-state index in [1.54, 1.807) is 43.4 Å². The van der Waals surface area contributed by atoms with Crippen LogP contribution in [0.4, 0.5) is 0 Å². The molecule has 1 amide bonds. The Bertz CT molecular complexity index is 973. The molecular formula is C22H29N3O5S. The quantitative estimate of drug-likeness (QED) is 0.628. The molecule has 31 heavy (non-hydrogen) atoms. The summed E-state index contributed by atoms with van der Waals surface area (Å²) in [6.07, 6.45) is 0. The van der Waals surface area contributed by atoms with Crippen LogP contribution in [0.2, 0.25) is 0 Å².